The molecular weight excluding hydrogens is 332 g/mol. The lowest BCUT2D eigenvalue weighted by molar-refractivity contribution is -0.111. The van der Waals surface area contributed by atoms with Crippen LogP contribution in [0.25, 0.3) is 6.08 Å². The molecule has 0 radical (unpaired) electrons. The Morgan fingerprint density at radius 1 is 1.21 bits per heavy atom. The number of halogens is 2. The Bertz CT molecular complexity index is 720. The van der Waals surface area contributed by atoms with Gasteiger partial charge in [-0.2, -0.15) is 8.78 Å². The molecule has 1 N–H and O–H groups in total. The maximum Gasteiger partial charge on any atom is 0.288 e. The fourth-order valence-corrected chi connectivity index (χ4v) is 2.61. The summed E-state index contributed by atoms with van der Waals surface area (Å²) in [5.74, 6) is -2.27. The van der Waals surface area contributed by atoms with Crippen LogP contribution in [0.5, 0.6) is 5.75 Å². The molecule has 24 heavy (non-hydrogen) atoms. The lowest BCUT2D eigenvalue weighted by Gasteiger charge is -2.09. The summed E-state index contributed by atoms with van der Waals surface area (Å²) in [6.07, 6.45) is 2.98. The molecule has 0 aliphatic carbocycles. The number of carbonyl (C=O) groups excluding carboxylic acids is 1. The van der Waals surface area contributed by atoms with Gasteiger partial charge in [-0.3, -0.25) is 4.79 Å². The largest absolute Gasteiger partial charge is 0.493 e. The van der Waals surface area contributed by atoms with Crippen LogP contribution in [0.4, 0.5) is 14.5 Å². The summed E-state index contributed by atoms with van der Waals surface area (Å²) < 4.78 is 30.6. The monoisotopic (exact) mass is 349 g/mol. The zero-order valence-electron chi connectivity index (χ0n) is 13.0. The fraction of sp³-hybridized carbons (Fsp3) is 0.167. The van der Waals surface area contributed by atoms with Crippen LogP contribution in [0, 0.1) is 0 Å². The number of thioether (sulfide) groups is 1. The molecule has 3 nitrogen and oxygen atoms in total. The average Bonchev–Trinajstić information content (AvgIpc) is 2.56. The minimum Gasteiger partial charge on any atom is -0.493 e. The second kappa shape index (κ2) is 9.08. The van der Waals surface area contributed by atoms with E-state index in [0.29, 0.717) is 34.7 Å². The van der Waals surface area contributed by atoms with Gasteiger partial charge in [0.25, 0.3) is 5.76 Å². The molecule has 6 heteroatoms. The molecular formula is C18H17F2NO2S. The van der Waals surface area contributed by atoms with Crippen LogP contribution in [-0.2, 0) is 4.79 Å². The number of rotatable bonds is 7. The van der Waals surface area contributed by atoms with Gasteiger partial charge in [0.2, 0.25) is 5.91 Å². The molecule has 0 bridgehead atoms. The Hall–Kier alpha value is -2.34. The van der Waals surface area contributed by atoms with Crippen LogP contribution >= 0.6 is 11.8 Å². The van der Waals surface area contributed by atoms with Gasteiger partial charge in [-0.15, -0.1) is 0 Å². The smallest absolute Gasteiger partial charge is 0.288 e. The van der Waals surface area contributed by atoms with Crippen molar-refractivity contribution >= 4 is 29.4 Å². The number of ether oxygens (including phenoxy) is 1. The first kappa shape index (κ1) is 18.0. The van der Waals surface area contributed by atoms with Crippen LogP contribution in [0.2, 0.25) is 0 Å². The number of alkyl halides is 2. The first-order chi connectivity index (χ1) is 11.6. The van der Waals surface area contributed by atoms with Gasteiger partial charge in [0.05, 0.1) is 12.3 Å². The Morgan fingerprint density at radius 3 is 2.67 bits per heavy atom. The third-order valence-electron chi connectivity index (χ3n) is 2.99. The predicted molar refractivity (Wildman–Crippen MR) is 93.6 cm³/mol. The van der Waals surface area contributed by atoms with Gasteiger partial charge in [-0.1, -0.05) is 42.1 Å². The molecule has 2 aromatic rings. The first-order valence-corrected chi connectivity index (χ1v) is 8.23. The predicted octanol–water partition coefficient (Wildman–Crippen LogP) is 5.05. The Labute approximate surface area is 143 Å². The van der Waals surface area contributed by atoms with E-state index in [0.717, 1.165) is 5.56 Å². The van der Waals surface area contributed by atoms with Crippen LogP contribution in [-0.4, -0.2) is 18.3 Å². The van der Waals surface area contributed by atoms with E-state index in [-0.39, 0.29) is 0 Å². The number of nitrogens with one attached hydrogen (secondary N) is 1. The molecule has 2 aromatic carbocycles. The highest BCUT2D eigenvalue weighted by atomic mass is 32.2. The van der Waals surface area contributed by atoms with Crippen LogP contribution in [0.3, 0.4) is 0 Å². The Morgan fingerprint density at radius 2 is 1.92 bits per heavy atom. The summed E-state index contributed by atoms with van der Waals surface area (Å²) in [5, 5.41) is 2.62. The minimum absolute atomic E-state index is 0.323. The second-order valence-corrected chi connectivity index (χ2v) is 5.70. The van der Waals surface area contributed by atoms with E-state index in [1.54, 1.807) is 30.3 Å². The van der Waals surface area contributed by atoms with Gasteiger partial charge in [0.1, 0.15) is 5.75 Å². The highest BCUT2D eigenvalue weighted by molar-refractivity contribution is 7.99. The quantitative estimate of drug-likeness (QED) is 0.561. The zero-order valence-corrected chi connectivity index (χ0v) is 13.9. The Balaban J connectivity index is 2.09. The van der Waals surface area contributed by atoms with Crippen molar-refractivity contribution in [3.63, 3.8) is 0 Å². The molecule has 1 amide bonds. The molecule has 0 aliphatic heterocycles. The van der Waals surface area contributed by atoms with E-state index in [1.165, 1.54) is 6.08 Å². The third kappa shape index (κ3) is 5.38. The number of anilines is 1. The van der Waals surface area contributed by atoms with Crippen molar-refractivity contribution in [1.82, 2.24) is 0 Å². The van der Waals surface area contributed by atoms with Gasteiger partial charge in [-0.05, 0) is 31.2 Å². The van der Waals surface area contributed by atoms with E-state index < -0.39 is 11.7 Å². The normalized spacial score (nSPS) is 11.0. The standard InChI is InChI=1S/C18H17F2NO2S/c1-2-23-15-9-5-3-7-13(15)11-12-17(22)21-14-8-4-6-10-16(14)24-18(19)20/h3-12,18H,2H2,1H3,(H,21,22)/b12-11+. The third-order valence-corrected chi connectivity index (χ3v) is 3.78. The first-order valence-electron chi connectivity index (χ1n) is 7.35. The van der Waals surface area contributed by atoms with Gasteiger partial charge in [0, 0.05) is 16.5 Å². The minimum atomic E-state index is -2.54. The summed E-state index contributed by atoms with van der Waals surface area (Å²) in [6, 6.07) is 13.8. The molecule has 0 unspecified atom stereocenters. The molecule has 0 spiro atoms. The van der Waals surface area contributed by atoms with E-state index in [4.69, 9.17) is 4.74 Å². The molecule has 0 aliphatic rings. The number of para-hydroxylation sites is 2. The molecule has 0 heterocycles. The van der Waals surface area contributed by atoms with Crippen molar-refractivity contribution in [2.24, 2.45) is 0 Å². The van der Waals surface area contributed by atoms with Crippen molar-refractivity contribution in [3.8, 4) is 5.75 Å². The van der Waals surface area contributed by atoms with Gasteiger partial charge >= 0.3 is 0 Å². The number of amides is 1. The van der Waals surface area contributed by atoms with Crippen molar-refractivity contribution < 1.29 is 18.3 Å². The van der Waals surface area contributed by atoms with Gasteiger partial charge in [-0.25, -0.2) is 0 Å². The van der Waals surface area contributed by atoms with Gasteiger partial charge in [0.15, 0.2) is 0 Å². The average molecular weight is 349 g/mol. The van der Waals surface area contributed by atoms with Crippen molar-refractivity contribution in [2.45, 2.75) is 17.6 Å². The summed E-state index contributed by atoms with van der Waals surface area (Å²) in [7, 11) is 0. The number of benzene rings is 2. The maximum absolute atomic E-state index is 12.5. The lowest BCUT2D eigenvalue weighted by Crippen LogP contribution is -2.08. The summed E-state index contributed by atoms with van der Waals surface area (Å²) in [5.41, 5.74) is 1.13. The SMILES string of the molecule is CCOc1ccccc1/C=C/C(=O)Nc1ccccc1SC(F)F. The second-order valence-electron chi connectivity index (χ2n) is 4.67. The summed E-state index contributed by atoms with van der Waals surface area (Å²) in [6.45, 7) is 2.40. The topological polar surface area (TPSA) is 38.3 Å². The molecule has 126 valence electrons. The molecule has 0 saturated heterocycles. The zero-order chi connectivity index (χ0) is 17.4. The van der Waals surface area contributed by atoms with Crippen LogP contribution in [0.1, 0.15) is 12.5 Å². The molecule has 0 saturated carbocycles. The summed E-state index contributed by atoms with van der Waals surface area (Å²) in [4.78, 5) is 12.4. The number of carbonyl (C=O) groups is 1. The molecule has 0 fully saturated rings. The van der Waals surface area contributed by atoms with E-state index in [9.17, 15) is 13.6 Å². The van der Waals surface area contributed by atoms with Crippen LogP contribution < -0.4 is 10.1 Å². The lowest BCUT2D eigenvalue weighted by atomic mass is 10.2. The molecule has 0 aromatic heterocycles. The van der Waals surface area contributed by atoms with Crippen molar-refractivity contribution in [3.05, 3.63) is 60.2 Å². The highest BCUT2D eigenvalue weighted by Crippen LogP contribution is 2.31. The van der Waals surface area contributed by atoms with E-state index in [1.807, 2.05) is 31.2 Å². The Kier molecular flexibility index (Phi) is 6.81. The van der Waals surface area contributed by atoms with E-state index in [2.05, 4.69) is 5.32 Å². The van der Waals surface area contributed by atoms with E-state index >= 15 is 0 Å². The number of hydrogen-bond donors (Lipinski definition) is 1. The highest BCUT2D eigenvalue weighted by Gasteiger charge is 2.10. The maximum atomic E-state index is 12.5. The summed E-state index contributed by atoms with van der Waals surface area (Å²) >= 11 is 0.398. The fourth-order valence-electron chi connectivity index (χ4n) is 2.01. The van der Waals surface area contributed by atoms with Crippen molar-refractivity contribution in [1.29, 1.82) is 0 Å². The molecule has 0 atom stereocenters. The van der Waals surface area contributed by atoms with Crippen molar-refractivity contribution in [2.75, 3.05) is 11.9 Å². The number of hydrogen-bond acceptors (Lipinski definition) is 3. The molecule has 2 rings (SSSR count). The van der Waals surface area contributed by atoms with Crippen LogP contribution in [0.15, 0.2) is 59.5 Å². The van der Waals surface area contributed by atoms with Gasteiger partial charge < -0.3 is 10.1 Å².